The molecule has 0 radical (unpaired) electrons. The fourth-order valence-electron chi connectivity index (χ4n) is 1.39. The molecular formula is C12H12ClNO2. The van der Waals surface area contributed by atoms with Crippen molar-refractivity contribution in [3.05, 3.63) is 35.6 Å². The summed E-state index contributed by atoms with van der Waals surface area (Å²) >= 11 is 5.67. The lowest BCUT2D eigenvalue weighted by Crippen LogP contribution is -2.05. The first-order chi connectivity index (χ1) is 7.65. The molecule has 0 amide bonds. The van der Waals surface area contributed by atoms with Gasteiger partial charge in [0.1, 0.15) is 11.4 Å². The Bertz CT molecular complexity index is 479. The Morgan fingerprint density at radius 3 is 2.75 bits per heavy atom. The molecule has 2 rings (SSSR count). The lowest BCUT2D eigenvalue weighted by Gasteiger charge is -2.09. The molecule has 1 heterocycles. The third-order valence-corrected chi connectivity index (χ3v) is 2.16. The van der Waals surface area contributed by atoms with Gasteiger partial charge in [-0.05, 0) is 37.6 Å². The van der Waals surface area contributed by atoms with E-state index in [1.165, 1.54) is 0 Å². The van der Waals surface area contributed by atoms with Crippen LogP contribution in [0.3, 0.4) is 0 Å². The molecule has 0 saturated heterocycles. The van der Waals surface area contributed by atoms with Gasteiger partial charge in [0.05, 0.1) is 6.10 Å². The van der Waals surface area contributed by atoms with Gasteiger partial charge in [0.2, 0.25) is 5.22 Å². The number of ether oxygens (including phenoxy) is 1. The summed E-state index contributed by atoms with van der Waals surface area (Å²) in [5.41, 5.74) is 1.63. The van der Waals surface area contributed by atoms with Crippen molar-refractivity contribution >= 4 is 11.6 Å². The van der Waals surface area contributed by atoms with Gasteiger partial charge in [-0.15, -0.1) is 0 Å². The normalized spacial score (nSPS) is 10.8. The van der Waals surface area contributed by atoms with Crippen LogP contribution in [0.2, 0.25) is 5.22 Å². The van der Waals surface area contributed by atoms with Crippen LogP contribution in [0.5, 0.6) is 5.75 Å². The number of hydrogen-bond donors (Lipinski definition) is 0. The van der Waals surface area contributed by atoms with Gasteiger partial charge in [-0.2, -0.15) is 0 Å². The molecule has 16 heavy (non-hydrogen) atoms. The van der Waals surface area contributed by atoms with Crippen LogP contribution in [-0.2, 0) is 0 Å². The zero-order valence-electron chi connectivity index (χ0n) is 9.11. The monoisotopic (exact) mass is 237 g/mol. The van der Waals surface area contributed by atoms with Gasteiger partial charge in [-0.1, -0.05) is 17.3 Å². The second-order valence-electron chi connectivity index (χ2n) is 3.71. The summed E-state index contributed by atoms with van der Waals surface area (Å²) in [6.45, 7) is 3.97. The smallest absolute Gasteiger partial charge is 0.226 e. The first-order valence-corrected chi connectivity index (χ1v) is 5.42. The predicted octanol–water partition coefficient (Wildman–Crippen LogP) is 3.78. The Morgan fingerprint density at radius 1 is 1.31 bits per heavy atom. The van der Waals surface area contributed by atoms with Gasteiger partial charge in [0.15, 0.2) is 0 Å². The first kappa shape index (κ1) is 11.0. The highest BCUT2D eigenvalue weighted by Crippen LogP contribution is 2.25. The minimum Gasteiger partial charge on any atom is -0.491 e. The molecule has 0 aliphatic carbocycles. The van der Waals surface area contributed by atoms with Gasteiger partial charge in [0.25, 0.3) is 0 Å². The summed E-state index contributed by atoms with van der Waals surface area (Å²) in [6, 6.07) is 9.34. The molecule has 84 valence electrons. The predicted molar refractivity (Wildman–Crippen MR) is 62.7 cm³/mol. The Labute approximate surface area is 99.0 Å². The zero-order chi connectivity index (χ0) is 11.5. The molecule has 0 saturated carbocycles. The molecule has 0 bridgehead atoms. The third kappa shape index (κ3) is 2.55. The van der Waals surface area contributed by atoms with Crippen LogP contribution in [0.25, 0.3) is 11.3 Å². The number of halogens is 1. The van der Waals surface area contributed by atoms with Crippen LogP contribution in [0, 0.1) is 0 Å². The number of nitrogens with zero attached hydrogens (tertiary/aromatic N) is 1. The van der Waals surface area contributed by atoms with Crippen LogP contribution >= 0.6 is 11.6 Å². The maximum absolute atomic E-state index is 5.67. The van der Waals surface area contributed by atoms with Crippen molar-refractivity contribution in [3.8, 4) is 17.0 Å². The van der Waals surface area contributed by atoms with Gasteiger partial charge in [-0.25, -0.2) is 0 Å². The SMILES string of the molecule is CC(C)Oc1cccc(-c2cc(Cl)on2)c1. The lowest BCUT2D eigenvalue weighted by atomic mass is 10.1. The van der Waals surface area contributed by atoms with E-state index in [-0.39, 0.29) is 11.3 Å². The van der Waals surface area contributed by atoms with E-state index in [4.69, 9.17) is 20.9 Å². The van der Waals surface area contributed by atoms with Crippen LogP contribution in [0.15, 0.2) is 34.9 Å². The van der Waals surface area contributed by atoms with Gasteiger partial charge in [-0.3, -0.25) is 0 Å². The highest BCUT2D eigenvalue weighted by atomic mass is 35.5. The molecule has 0 aliphatic rings. The topological polar surface area (TPSA) is 35.3 Å². The molecular weight excluding hydrogens is 226 g/mol. The van der Waals surface area contributed by atoms with E-state index < -0.39 is 0 Å². The highest BCUT2D eigenvalue weighted by Gasteiger charge is 2.06. The summed E-state index contributed by atoms with van der Waals surface area (Å²) in [4.78, 5) is 0. The Hall–Kier alpha value is -1.48. The van der Waals surface area contributed by atoms with E-state index >= 15 is 0 Å². The Kier molecular flexibility index (Phi) is 3.15. The van der Waals surface area contributed by atoms with Gasteiger partial charge in [0, 0.05) is 11.6 Å². The average Bonchev–Trinajstić information content (AvgIpc) is 2.64. The molecule has 1 aromatic carbocycles. The second kappa shape index (κ2) is 4.58. The molecule has 0 aliphatic heterocycles. The Morgan fingerprint density at radius 2 is 2.12 bits per heavy atom. The Balaban J connectivity index is 2.28. The van der Waals surface area contributed by atoms with Crippen molar-refractivity contribution < 1.29 is 9.26 Å². The second-order valence-corrected chi connectivity index (χ2v) is 4.08. The van der Waals surface area contributed by atoms with Gasteiger partial charge >= 0.3 is 0 Å². The van der Waals surface area contributed by atoms with Crippen LogP contribution in [-0.4, -0.2) is 11.3 Å². The minimum atomic E-state index is 0.149. The maximum Gasteiger partial charge on any atom is 0.226 e. The molecule has 0 N–H and O–H groups in total. The molecule has 0 spiro atoms. The standard InChI is InChI=1S/C12H12ClNO2/c1-8(2)15-10-5-3-4-9(6-10)11-7-12(13)16-14-11/h3-8H,1-2H3. The number of aromatic nitrogens is 1. The summed E-state index contributed by atoms with van der Waals surface area (Å²) in [7, 11) is 0. The molecule has 3 nitrogen and oxygen atoms in total. The molecule has 0 unspecified atom stereocenters. The highest BCUT2D eigenvalue weighted by molar-refractivity contribution is 6.29. The lowest BCUT2D eigenvalue weighted by molar-refractivity contribution is 0.242. The third-order valence-electron chi connectivity index (χ3n) is 1.98. The van der Waals surface area contributed by atoms with Crippen molar-refractivity contribution in [3.63, 3.8) is 0 Å². The fourth-order valence-corrected chi connectivity index (χ4v) is 1.53. The van der Waals surface area contributed by atoms with E-state index in [0.717, 1.165) is 11.3 Å². The zero-order valence-corrected chi connectivity index (χ0v) is 9.86. The molecule has 4 heteroatoms. The fraction of sp³-hybridized carbons (Fsp3) is 0.250. The quantitative estimate of drug-likeness (QED) is 0.815. The molecule has 1 aromatic heterocycles. The van der Waals surface area contributed by atoms with Crippen LogP contribution in [0.1, 0.15) is 13.8 Å². The summed E-state index contributed by atoms with van der Waals surface area (Å²) in [5, 5.41) is 4.13. The van der Waals surface area contributed by atoms with E-state index in [1.54, 1.807) is 6.07 Å². The molecule has 0 fully saturated rings. The van der Waals surface area contributed by atoms with E-state index in [0.29, 0.717) is 5.69 Å². The average molecular weight is 238 g/mol. The summed E-state index contributed by atoms with van der Waals surface area (Å²) in [6.07, 6.45) is 0.149. The van der Waals surface area contributed by atoms with Crippen molar-refractivity contribution in [2.24, 2.45) is 0 Å². The molecule has 0 atom stereocenters. The first-order valence-electron chi connectivity index (χ1n) is 5.04. The summed E-state index contributed by atoms with van der Waals surface area (Å²) < 4.78 is 10.4. The van der Waals surface area contributed by atoms with Crippen molar-refractivity contribution in [1.29, 1.82) is 0 Å². The van der Waals surface area contributed by atoms with E-state index in [9.17, 15) is 0 Å². The van der Waals surface area contributed by atoms with Crippen molar-refractivity contribution in [2.45, 2.75) is 20.0 Å². The number of hydrogen-bond acceptors (Lipinski definition) is 3. The van der Waals surface area contributed by atoms with Crippen LogP contribution in [0.4, 0.5) is 0 Å². The summed E-state index contributed by atoms with van der Waals surface area (Å²) in [5.74, 6) is 0.812. The van der Waals surface area contributed by atoms with Crippen LogP contribution < -0.4 is 4.74 Å². The number of benzene rings is 1. The van der Waals surface area contributed by atoms with Gasteiger partial charge < -0.3 is 9.26 Å². The minimum absolute atomic E-state index is 0.149. The van der Waals surface area contributed by atoms with E-state index in [2.05, 4.69) is 5.16 Å². The van der Waals surface area contributed by atoms with E-state index in [1.807, 2.05) is 38.1 Å². The van der Waals surface area contributed by atoms with Crippen molar-refractivity contribution in [2.75, 3.05) is 0 Å². The number of rotatable bonds is 3. The maximum atomic E-state index is 5.67. The molecule has 2 aromatic rings. The largest absolute Gasteiger partial charge is 0.491 e. The van der Waals surface area contributed by atoms with Crippen molar-refractivity contribution in [1.82, 2.24) is 5.16 Å².